The van der Waals surface area contributed by atoms with Crippen LogP contribution in [0.3, 0.4) is 0 Å². The maximum atomic E-state index is 12.4. The minimum Gasteiger partial charge on any atom is -0.477 e. The molecule has 2 heterocycles. The molecule has 7 nitrogen and oxygen atoms in total. The van der Waals surface area contributed by atoms with E-state index >= 15 is 0 Å². The van der Waals surface area contributed by atoms with Crippen LogP contribution in [0.2, 0.25) is 5.02 Å². The van der Waals surface area contributed by atoms with Gasteiger partial charge < -0.3 is 10.4 Å². The Labute approximate surface area is 158 Å². The molecule has 0 fully saturated rings. The first-order valence-electron chi connectivity index (χ1n) is 7.71. The van der Waals surface area contributed by atoms with Crippen molar-refractivity contribution in [2.75, 3.05) is 0 Å². The Morgan fingerprint density at radius 3 is 2.85 bits per heavy atom. The number of carboxylic acids is 1. The molecular weight excluding hydrogens is 376 g/mol. The third-order valence-electron chi connectivity index (χ3n) is 3.83. The van der Waals surface area contributed by atoms with Crippen molar-refractivity contribution in [1.82, 2.24) is 20.3 Å². The third kappa shape index (κ3) is 3.76. The van der Waals surface area contributed by atoms with Crippen molar-refractivity contribution in [2.45, 2.75) is 19.5 Å². The molecule has 0 radical (unpaired) electrons. The summed E-state index contributed by atoms with van der Waals surface area (Å²) < 4.78 is 1.44. The molecule has 0 aliphatic heterocycles. The molecule has 2 N–H and O–H groups in total. The second-order valence-electron chi connectivity index (χ2n) is 5.54. The van der Waals surface area contributed by atoms with E-state index in [1.54, 1.807) is 30.6 Å². The number of nitrogens with one attached hydrogen (secondary N) is 1. The lowest BCUT2D eigenvalue weighted by Gasteiger charge is -2.11. The average Bonchev–Trinajstić information content (AvgIpc) is 3.28. The van der Waals surface area contributed by atoms with Crippen molar-refractivity contribution in [3.8, 4) is 11.3 Å². The van der Waals surface area contributed by atoms with Gasteiger partial charge in [-0.3, -0.25) is 4.79 Å². The lowest BCUT2D eigenvalue weighted by molar-refractivity contribution is -0.124. The van der Waals surface area contributed by atoms with Gasteiger partial charge in [0.05, 0.1) is 11.2 Å². The largest absolute Gasteiger partial charge is 0.477 e. The van der Waals surface area contributed by atoms with Gasteiger partial charge in [0.1, 0.15) is 16.6 Å². The van der Waals surface area contributed by atoms with Crippen LogP contribution >= 0.6 is 22.9 Å². The summed E-state index contributed by atoms with van der Waals surface area (Å²) in [6.45, 7) is 1.83. The predicted molar refractivity (Wildman–Crippen MR) is 98.3 cm³/mol. The number of aromatic nitrogens is 3. The second kappa shape index (κ2) is 7.67. The fourth-order valence-corrected chi connectivity index (χ4v) is 3.36. The number of carbonyl (C=O) groups is 2. The van der Waals surface area contributed by atoms with E-state index in [-0.39, 0.29) is 17.3 Å². The lowest BCUT2D eigenvalue weighted by atomic mass is 10.2. The van der Waals surface area contributed by atoms with Crippen LogP contribution in [-0.4, -0.2) is 32.0 Å². The van der Waals surface area contributed by atoms with Crippen LogP contribution < -0.4 is 5.32 Å². The van der Waals surface area contributed by atoms with E-state index in [9.17, 15) is 9.59 Å². The van der Waals surface area contributed by atoms with Crippen LogP contribution in [0.5, 0.6) is 0 Å². The van der Waals surface area contributed by atoms with Crippen molar-refractivity contribution < 1.29 is 14.7 Å². The summed E-state index contributed by atoms with van der Waals surface area (Å²) in [5.74, 6) is -1.29. The number of halogens is 1. The minimum atomic E-state index is -1.00. The maximum Gasteiger partial charge on any atom is 0.346 e. The van der Waals surface area contributed by atoms with E-state index < -0.39 is 12.0 Å². The van der Waals surface area contributed by atoms with Crippen LogP contribution in [0.25, 0.3) is 11.3 Å². The van der Waals surface area contributed by atoms with E-state index in [1.807, 2.05) is 18.2 Å². The zero-order valence-electron chi connectivity index (χ0n) is 13.7. The molecule has 9 heteroatoms. The van der Waals surface area contributed by atoms with Gasteiger partial charge in [0, 0.05) is 12.1 Å². The SMILES string of the molecule is CC(C(=O)NCc1ccsc1C(=O)O)n1cc(-c2ccccc2Cl)nn1. The first kappa shape index (κ1) is 18.1. The van der Waals surface area contributed by atoms with Crippen molar-refractivity contribution >= 4 is 34.8 Å². The summed E-state index contributed by atoms with van der Waals surface area (Å²) >= 11 is 7.28. The summed E-state index contributed by atoms with van der Waals surface area (Å²) in [6.07, 6.45) is 1.65. The van der Waals surface area contributed by atoms with Crippen LogP contribution in [0.4, 0.5) is 0 Å². The molecule has 0 saturated carbocycles. The van der Waals surface area contributed by atoms with E-state index in [1.165, 1.54) is 4.68 Å². The molecule has 0 spiro atoms. The van der Waals surface area contributed by atoms with Gasteiger partial charge in [-0.15, -0.1) is 16.4 Å². The number of aromatic carboxylic acids is 1. The highest BCUT2D eigenvalue weighted by molar-refractivity contribution is 7.12. The Kier molecular flexibility index (Phi) is 5.34. The molecule has 134 valence electrons. The maximum absolute atomic E-state index is 12.4. The van der Waals surface area contributed by atoms with Gasteiger partial charge in [-0.1, -0.05) is 35.0 Å². The van der Waals surface area contributed by atoms with Crippen molar-refractivity contribution in [3.63, 3.8) is 0 Å². The third-order valence-corrected chi connectivity index (χ3v) is 5.10. The number of carboxylic acid groups (broad SMARTS) is 1. The second-order valence-corrected chi connectivity index (χ2v) is 6.86. The first-order chi connectivity index (χ1) is 12.5. The van der Waals surface area contributed by atoms with E-state index in [0.29, 0.717) is 16.3 Å². The van der Waals surface area contributed by atoms with Gasteiger partial charge in [-0.05, 0) is 30.0 Å². The number of benzene rings is 1. The number of carbonyl (C=O) groups excluding carboxylic acids is 1. The summed E-state index contributed by atoms with van der Waals surface area (Å²) in [5.41, 5.74) is 1.87. The quantitative estimate of drug-likeness (QED) is 0.673. The Balaban J connectivity index is 1.68. The van der Waals surface area contributed by atoms with Gasteiger partial charge in [0.2, 0.25) is 5.91 Å². The first-order valence-corrected chi connectivity index (χ1v) is 8.97. The molecule has 1 amide bonds. The Bertz CT molecular complexity index is 953. The lowest BCUT2D eigenvalue weighted by Crippen LogP contribution is -2.31. The van der Waals surface area contributed by atoms with Gasteiger partial charge in [-0.2, -0.15) is 0 Å². The molecule has 1 unspecified atom stereocenters. The summed E-state index contributed by atoms with van der Waals surface area (Å²) in [7, 11) is 0. The van der Waals surface area contributed by atoms with E-state index in [2.05, 4.69) is 15.6 Å². The fourth-order valence-electron chi connectivity index (χ4n) is 2.37. The van der Waals surface area contributed by atoms with E-state index in [4.69, 9.17) is 16.7 Å². The highest BCUT2D eigenvalue weighted by Crippen LogP contribution is 2.26. The molecule has 1 aromatic carbocycles. The molecular formula is C17H15ClN4O3S. The van der Waals surface area contributed by atoms with Crippen molar-refractivity contribution in [1.29, 1.82) is 0 Å². The Morgan fingerprint density at radius 2 is 2.12 bits per heavy atom. The highest BCUT2D eigenvalue weighted by Gasteiger charge is 2.19. The number of rotatable bonds is 6. The zero-order chi connectivity index (χ0) is 18.7. The normalized spacial score (nSPS) is 11.9. The van der Waals surface area contributed by atoms with Crippen molar-refractivity contribution in [2.24, 2.45) is 0 Å². The Morgan fingerprint density at radius 1 is 1.35 bits per heavy atom. The molecule has 0 saturated heterocycles. The highest BCUT2D eigenvalue weighted by atomic mass is 35.5. The average molecular weight is 391 g/mol. The molecule has 0 bridgehead atoms. The topological polar surface area (TPSA) is 97.1 Å². The smallest absolute Gasteiger partial charge is 0.346 e. The zero-order valence-corrected chi connectivity index (χ0v) is 15.3. The fraction of sp³-hybridized carbons (Fsp3) is 0.176. The Hall–Kier alpha value is -2.71. The molecule has 1 atom stereocenters. The van der Waals surface area contributed by atoms with Crippen LogP contribution in [-0.2, 0) is 11.3 Å². The van der Waals surface area contributed by atoms with Crippen LogP contribution in [0, 0.1) is 0 Å². The number of hydrogen-bond donors (Lipinski definition) is 2. The molecule has 3 aromatic rings. The van der Waals surface area contributed by atoms with E-state index in [0.717, 1.165) is 16.9 Å². The molecule has 0 aliphatic carbocycles. The monoisotopic (exact) mass is 390 g/mol. The van der Waals surface area contributed by atoms with Crippen LogP contribution in [0.1, 0.15) is 28.2 Å². The van der Waals surface area contributed by atoms with Gasteiger partial charge in [0.25, 0.3) is 0 Å². The number of hydrogen-bond acceptors (Lipinski definition) is 5. The number of amides is 1. The van der Waals surface area contributed by atoms with Crippen LogP contribution in [0.15, 0.2) is 41.9 Å². The molecule has 0 aliphatic rings. The number of nitrogens with zero attached hydrogens (tertiary/aromatic N) is 3. The standard InChI is InChI=1S/C17H15ClN4O3S/c1-10(16(23)19-8-11-6-7-26-15(11)17(24)25)22-9-14(20-21-22)12-4-2-3-5-13(12)18/h2-7,9-10H,8H2,1H3,(H,19,23)(H,24,25). The van der Waals surface area contributed by atoms with Gasteiger partial charge in [-0.25, -0.2) is 9.48 Å². The van der Waals surface area contributed by atoms with Gasteiger partial charge >= 0.3 is 5.97 Å². The summed E-state index contributed by atoms with van der Waals surface area (Å²) in [5, 5.41) is 22.1. The molecule has 26 heavy (non-hydrogen) atoms. The van der Waals surface area contributed by atoms with Gasteiger partial charge in [0.15, 0.2) is 0 Å². The summed E-state index contributed by atoms with van der Waals surface area (Å²) in [6, 6.07) is 8.33. The minimum absolute atomic E-state index is 0.139. The predicted octanol–water partition coefficient (Wildman–Crippen LogP) is 3.24. The van der Waals surface area contributed by atoms with Crippen molar-refractivity contribution in [3.05, 3.63) is 57.4 Å². The molecule has 2 aromatic heterocycles. The molecule has 3 rings (SSSR count). The summed E-state index contributed by atoms with van der Waals surface area (Å²) in [4.78, 5) is 23.7. The number of thiophene rings is 1.